The van der Waals surface area contributed by atoms with E-state index >= 15 is 0 Å². The Morgan fingerprint density at radius 1 is 1.08 bits per heavy atom. The highest BCUT2D eigenvalue weighted by Crippen LogP contribution is 2.43. The molecule has 0 aliphatic carbocycles. The zero-order valence-corrected chi connectivity index (χ0v) is 15.0. The van der Waals surface area contributed by atoms with E-state index in [4.69, 9.17) is 12.2 Å². The Balaban J connectivity index is 1.79. The standard InChI is InChI=1S/C19H14N2O2S2/c1-11-6-8-12(9-7-11)10-21-14-5-3-2-4-13(14)15(18(21)23)16-17(22)20-19(24)25-16/h2-9H,10H2,1H3,(H,20,22,24)/b16-15-. The first kappa shape index (κ1) is 16.1. The number of carbonyl (C=O) groups is 2. The molecule has 4 nitrogen and oxygen atoms in total. The molecule has 2 aromatic carbocycles. The Morgan fingerprint density at radius 2 is 1.80 bits per heavy atom. The molecule has 6 heteroatoms. The van der Waals surface area contributed by atoms with Crippen molar-refractivity contribution in [1.29, 1.82) is 0 Å². The van der Waals surface area contributed by atoms with E-state index in [-0.39, 0.29) is 11.8 Å². The molecule has 2 amide bonds. The maximum Gasteiger partial charge on any atom is 0.264 e. The molecule has 0 atom stereocenters. The zero-order chi connectivity index (χ0) is 17.6. The SMILES string of the molecule is Cc1ccc(CN2C(=O)/C(=C3\SC(=S)NC3=O)c3ccccc32)cc1. The number of rotatable bonds is 2. The lowest BCUT2D eigenvalue weighted by atomic mass is 10.1. The first-order valence-electron chi connectivity index (χ1n) is 7.79. The van der Waals surface area contributed by atoms with Gasteiger partial charge < -0.3 is 10.2 Å². The van der Waals surface area contributed by atoms with Crippen LogP contribution in [0.2, 0.25) is 0 Å². The van der Waals surface area contributed by atoms with E-state index < -0.39 is 0 Å². The molecule has 4 rings (SSSR count). The molecule has 1 N–H and O–H groups in total. The summed E-state index contributed by atoms with van der Waals surface area (Å²) in [7, 11) is 0. The van der Waals surface area contributed by atoms with E-state index in [1.807, 2.05) is 55.5 Å². The maximum atomic E-state index is 13.1. The van der Waals surface area contributed by atoms with Crippen LogP contribution in [-0.2, 0) is 16.1 Å². The Labute approximate surface area is 154 Å². The lowest BCUT2D eigenvalue weighted by Crippen LogP contribution is -2.26. The number of aryl methyl sites for hydroxylation is 1. The summed E-state index contributed by atoms with van der Waals surface area (Å²) in [5.74, 6) is -0.463. The molecule has 1 fully saturated rings. The van der Waals surface area contributed by atoms with Crippen LogP contribution in [-0.4, -0.2) is 16.1 Å². The number of thiocarbonyl (C=S) groups is 1. The molecular formula is C19H14N2O2S2. The van der Waals surface area contributed by atoms with Gasteiger partial charge in [0.15, 0.2) is 0 Å². The second-order valence-corrected chi connectivity index (χ2v) is 7.63. The molecule has 2 aliphatic rings. The highest BCUT2D eigenvalue weighted by Gasteiger charge is 2.38. The van der Waals surface area contributed by atoms with Crippen LogP contribution in [0.4, 0.5) is 5.69 Å². The molecule has 0 bridgehead atoms. The molecule has 1 saturated heterocycles. The Hall–Kier alpha value is -2.44. The van der Waals surface area contributed by atoms with Gasteiger partial charge in [0.1, 0.15) is 4.32 Å². The van der Waals surface area contributed by atoms with Crippen molar-refractivity contribution < 1.29 is 9.59 Å². The van der Waals surface area contributed by atoms with E-state index in [2.05, 4.69) is 5.32 Å². The van der Waals surface area contributed by atoms with Gasteiger partial charge in [-0.05, 0) is 18.6 Å². The fraction of sp³-hybridized carbons (Fsp3) is 0.105. The topological polar surface area (TPSA) is 49.4 Å². The molecule has 0 saturated carbocycles. The number of anilines is 1. The van der Waals surface area contributed by atoms with Crippen LogP contribution in [0.15, 0.2) is 53.4 Å². The van der Waals surface area contributed by atoms with Gasteiger partial charge in [-0.1, -0.05) is 72.0 Å². The largest absolute Gasteiger partial charge is 0.307 e. The van der Waals surface area contributed by atoms with Crippen molar-refractivity contribution in [3.63, 3.8) is 0 Å². The first-order valence-corrected chi connectivity index (χ1v) is 9.01. The predicted molar refractivity (Wildman–Crippen MR) is 104 cm³/mol. The summed E-state index contributed by atoms with van der Waals surface area (Å²) in [5.41, 5.74) is 4.25. The third-order valence-corrected chi connectivity index (χ3v) is 5.46. The second-order valence-electron chi connectivity index (χ2n) is 5.94. The molecule has 2 aliphatic heterocycles. The van der Waals surface area contributed by atoms with Crippen LogP contribution in [0.1, 0.15) is 16.7 Å². The molecule has 2 aromatic rings. The third-order valence-electron chi connectivity index (χ3n) is 4.23. The van der Waals surface area contributed by atoms with Crippen LogP contribution >= 0.6 is 24.0 Å². The number of hydrogen-bond donors (Lipinski definition) is 1. The quantitative estimate of drug-likeness (QED) is 0.654. The molecule has 0 spiro atoms. The van der Waals surface area contributed by atoms with Gasteiger partial charge in [0.05, 0.1) is 22.7 Å². The van der Waals surface area contributed by atoms with Crippen molar-refractivity contribution in [1.82, 2.24) is 5.32 Å². The van der Waals surface area contributed by atoms with E-state index in [0.29, 0.717) is 21.3 Å². The second kappa shape index (κ2) is 6.13. The van der Waals surface area contributed by atoms with Gasteiger partial charge in [-0.2, -0.15) is 0 Å². The zero-order valence-electron chi connectivity index (χ0n) is 13.4. The summed E-state index contributed by atoms with van der Waals surface area (Å²) in [4.78, 5) is 27.4. The highest BCUT2D eigenvalue weighted by atomic mass is 32.2. The van der Waals surface area contributed by atoms with Crippen molar-refractivity contribution in [3.05, 3.63) is 70.1 Å². The molecular weight excluding hydrogens is 352 g/mol. The van der Waals surface area contributed by atoms with Gasteiger partial charge in [-0.25, -0.2) is 0 Å². The van der Waals surface area contributed by atoms with Crippen LogP contribution in [0, 0.1) is 6.92 Å². The van der Waals surface area contributed by atoms with Gasteiger partial charge in [0.2, 0.25) is 0 Å². The van der Waals surface area contributed by atoms with Crippen molar-refractivity contribution in [2.24, 2.45) is 0 Å². The van der Waals surface area contributed by atoms with E-state index in [0.717, 1.165) is 28.6 Å². The predicted octanol–water partition coefficient (Wildman–Crippen LogP) is 3.40. The Morgan fingerprint density at radius 3 is 2.48 bits per heavy atom. The number of thioether (sulfide) groups is 1. The Bertz CT molecular complexity index is 948. The molecule has 0 aromatic heterocycles. The minimum atomic E-state index is -0.301. The number of amides is 2. The van der Waals surface area contributed by atoms with Crippen LogP contribution in [0.5, 0.6) is 0 Å². The minimum absolute atomic E-state index is 0.163. The molecule has 124 valence electrons. The minimum Gasteiger partial charge on any atom is -0.307 e. The number of carbonyl (C=O) groups excluding carboxylic acids is 2. The van der Waals surface area contributed by atoms with Gasteiger partial charge in [0.25, 0.3) is 11.8 Å². The van der Waals surface area contributed by atoms with Crippen molar-refractivity contribution in [2.45, 2.75) is 13.5 Å². The maximum absolute atomic E-state index is 13.1. The summed E-state index contributed by atoms with van der Waals surface area (Å²) < 4.78 is 0.384. The van der Waals surface area contributed by atoms with Crippen LogP contribution in [0.25, 0.3) is 5.57 Å². The summed E-state index contributed by atoms with van der Waals surface area (Å²) in [5, 5.41) is 2.59. The van der Waals surface area contributed by atoms with Gasteiger partial charge >= 0.3 is 0 Å². The number of nitrogens with one attached hydrogen (secondary N) is 1. The lowest BCUT2D eigenvalue weighted by molar-refractivity contribution is -0.116. The third kappa shape index (κ3) is 2.77. The van der Waals surface area contributed by atoms with Crippen LogP contribution in [0.3, 0.4) is 0 Å². The van der Waals surface area contributed by atoms with Gasteiger partial charge in [-0.15, -0.1) is 0 Å². The lowest BCUT2D eigenvalue weighted by Gasteiger charge is -2.17. The summed E-state index contributed by atoms with van der Waals surface area (Å²) in [6.45, 7) is 2.49. The number of para-hydroxylation sites is 1. The fourth-order valence-corrected chi connectivity index (χ4v) is 4.13. The molecule has 0 radical (unpaired) electrons. The van der Waals surface area contributed by atoms with Crippen molar-refractivity contribution in [2.75, 3.05) is 4.90 Å². The summed E-state index contributed by atoms with van der Waals surface area (Å²) in [6, 6.07) is 15.6. The molecule has 2 heterocycles. The van der Waals surface area contributed by atoms with E-state index in [9.17, 15) is 9.59 Å². The normalized spacial score (nSPS) is 19.4. The first-order chi connectivity index (χ1) is 12.0. The van der Waals surface area contributed by atoms with Gasteiger partial charge in [0, 0.05) is 5.56 Å². The van der Waals surface area contributed by atoms with Crippen molar-refractivity contribution >= 4 is 51.4 Å². The summed E-state index contributed by atoms with van der Waals surface area (Å²) in [6.07, 6.45) is 0. The van der Waals surface area contributed by atoms with Crippen LogP contribution < -0.4 is 10.2 Å². The van der Waals surface area contributed by atoms with Gasteiger partial charge in [-0.3, -0.25) is 9.59 Å². The van der Waals surface area contributed by atoms with E-state index in [1.54, 1.807) is 4.90 Å². The number of benzene rings is 2. The molecule has 0 unspecified atom stereocenters. The average molecular weight is 366 g/mol. The van der Waals surface area contributed by atoms with Crippen molar-refractivity contribution in [3.8, 4) is 0 Å². The Kier molecular flexibility index (Phi) is 3.94. The molecule has 25 heavy (non-hydrogen) atoms. The number of hydrogen-bond acceptors (Lipinski definition) is 4. The average Bonchev–Trinajstić information content (AvgIpc) is 3.06. The monoisotopic (exact) mass is 366 g/mol. The summed E-state index contributed by atoms with van der Waals surface area (Å²) >= 11 is 6.22. The number of nitrogens with zero attached hydrogens (tertiary/aromatic N) is 1. The van der Waals surface area contributed by atoms with E-state index in [1.165, 1.54) is 5.56 Å². The number of fused-ring (bicyclic) bond motifs is 1. The fourth-order valence-electron chi connectivity index (χ4n) is 3.01. The highest BCUT2D eigenvalue weighted by molar-refractivity contribution is 8.27. The smallest absolute Gasteiger partial charge is 0.264 e.